The number of aryl methyl sites for hydroxylation is 1. The fraction of sp³-hybridized carbons (Fsp3) is 0.222. The third-order valence-electron chi connectivity index (χ3n) is 5.89. The van der Waals surface area contributed by atoms with Gasteiger partial charge in [-0.2, -0.15) is 0 Å². The summed E-state index contributed by atoms with van der Waals surface area (Å²) < 4.78 is 0. The fourth-order valence-electron chi connectivity index (χ4n) is 4.15. The summed E-state index contributed by atoms with van der Waals surface area (Å²) >= 11 is 0. The molecule has 1 aliphatic rings. The highest BCUT2D eigenvalue weighted by Crippen LogP contribution is 2.39. The number of benzene rings is 3. The number of fused-ring (bicyclic) bond motifs is 3. The van der Waals surface area contributed by atoms with Crippen molar-refractivity contribution in [2.45, 2.75) is 39.2 Å². The molecule has 3 aromatic rings. The number of carbonyl (C=O) groups excluding carboxylic acids is 3. The number of hydrogen-bond acceptors (Lipinski definition) is 3. The lowest BCUT2D eigenvalue weighted by atomic mass is 9.92. The van der Waals surface area contributed by atoms with E-state index in [4.69, 9.17) is 0 Å². The van der Waals surface area contributed by atoms with E-state index in [1.54, 1.807) is 6.92 Å². The Morgan fingerprint density at radius 2 is 1.67 bits per heavy atom. The van der Waals surface area contributed by atoms with Crippen LogP contribution in [0.2, 0.25) is 0 Å². The van der Waals surface area contributed by atoms with Gasteiger partial charge in [-0.3, -0.25) is 19.8 Å². The van der Waals surface area contributed by atoms with Crippen LogP contribution in [0.15, 0.2) is 72.8 Å². The summed E-state index contributed by atoms with van der Waals surface area (Å²) in [6, 6.07) is 22.1. The highest BCUT2D eigenvalue weighted by molar-refractivity contribution is 6.06. The predicted molar refractivity (Wildman–Crippen MR) is 128 cm³/mol. The van der Waals surface area contributed by atoms with Crippen molar-refractivity contribution in [1.82, 2.24) is 10.7 Å². The second-order valence-corrected chi connectivity index (χ2v) is 8.43. The quantitative estimate of drug-likeness (QED) is 0.631. The van der Waals surface area contributed by atoms with Gasteiger partial charge in [0.1, 0.15) is 6.04 Å². The molecule has 3 amide bonds. The van der Waals surface area contributed by atoms with Crippen LogP contribution >= 0.6 is 0 Å². The first-order valence-electron chi connectivity index (χ1n) is 11.0. The maximum absolute atomic E-state index is 13.3. The molecule has 33 heavy (non-hydrogen) atoms. The number of carbonyl (C=O) groups is 3. The second-order valence-electron chi connectivity index (χ2n) is 8.43. The predicted octanol–water partition coefficient (Wildman–Crippen LogP) is 3.89. The molecule has 4 rings (SSSR count). The molecule has 0 aliphatic carbocycles. The molecule has 0 fully saturated rings. The third-order valence-corrected chi connectivity index (χ3v) is 5.89. The number of para-hydroxylation sites is 1. The molecule has 1 heterocycles. The van der Waals surface area contributed by atoms with Crippen LogP contribution < -0.4 is 15.8 Å². The highest BCUT2D eigenvalue weighted by Gasteiger charge is 2.33. The summed E-state index contributed by atoms with van der Waals surface area (Å²) in [6.07, 6.45) is 0.178. The number of nitrogens with one attached hydrogen (secondary N) is 2. The maximum Gasteiger partial charge on any atom is 0.261 e. The Bertz CT molecular complexity index is 1220. The van der Waals surface area contributed by atoms with Crippen LogP contribution in [0, 0.1) is 6.92 Å². The topological polar surface area (TPSA) is 78.5 Å². The van der Waals surface area contributed by atoms with Crippen LogP contribution in [0.5, 0.6) is 0 Å². The first-order chi connectivity index (χ1) is 15.8. The Labute approximate surface area is 193 Å². The van der Waals surface area contributed by atoms with E-state index in [1.807, 2.05) is 86.6 Å². The van der Waals surface area contributed by atoms with Crippen LogP contribution in [0.4, 0.5) is 5.69 Å². The van der Waals surface area contributed by atoms with Crippen LogP contribution in [0.25, 0.3) is 11.1 Å². The van der Waals surface area contributed by atoms with E-state index < -0.39 is 17.9 Å². The number of amides is 3. The Balaban J connectivity index is 1.52. The number of rotatable bonds is 5. The van der Waals surface area contributed by atoms with Gasteiger partial charge in [0.2, 0.25) is 5.91 Å². The van der Waals surface area contributed by atoms with Crippen molar-refractivity contribution < 1.29 is 14.4 Å². The summed E-state index contributed by atoms with van der Waals surface area (Å²) in [5, 5.41) is 4.04. The average Bonchev–Trinajstić information content (AvgIpc) is 2.89. The molecule has 0 spiro atoms. The van der Waals surface area contributed by atoms with Gasteiger partial charge in [0, 0.05) is 5.56 Å². The molecule has 6 nitrogen and oxygen atoms in total. The number of nitrogens with zero attached hydrogens (tertiary/aromatic N) is 1. The molecule has 2 N–H and O–H groups in total. The highest BCUT2D eigenvalue weighted by atomic mass is 16.2. The van der Waals surface area contributed by atoms with Crippen LogP contribution in [0.1, 0.15) is 36.5 Å². The molecule has 0 aromatic heterocycles. The largest absolute Gasteiger partial charge is 0.344 e. The molecule has 0 saturated heterocycles. The number of hydrogen-bond donors (Lipinski definition) is 2. The Morgan fingerprint density at radius 1 is 0.970 bits per heavy atom. The van der Waals surface area contributed by atoms with Crippen molar-refractivity contribution in [3.05, 3.63) is 89.5 Å². The fourth-order valence-corrected chi connectivity index (χ4v) is 4.15. The van der Waals surface area contributed by atoms with Gasteiger partial charge in [0.25, 0.3) is 11.8 Å². The minimum Gasteiger partial charge on any atom is -0.344 e. The molecular formula is C27H27N3O3. The first-order valence-corrected chi connectivity index (χ1v) is 11.0. The van der Waals surface area contributed by atoms with E-state index in [2.05, 4.69) is 10.7 Å². The summed E-state index contributed by atoms with van der Waals surface area (Å²) in [5.74, 6) is -1.40. The second kappa shape index (κ2) is 9.28. The van der Waals surface area contributed by atoms with Crippen molar-refractivity contribution in [3.63, 3.8) is 0 Å². The summed E-state index contributed by atoms with van der Waals surface area (Å²) in [5.41, 5.74) is 8.02. The van der Waals surface area contributed by atoms with Gasteiger partial charge in [-0.1, -0.05) is 72.3 Å². The zero-order chi connectivity index (χ0) is 23.5. The average molecular weight is 442 g/mol. The van der Waals surface area contributed by atoms with Crippen molar-refractivity contribution >= 4 is 23.4 Å². The Kier molecular flexibility index (Phi) is 6.27. The lowest BCUT2D eigenvalue weighted by Crippen LogP contribution is -2.54. The van der Waals surface area contributed by atoms with Gasteiger partial charge in [0.15, 0.2) is 0 Å². The maximum atomic E-state index is 13.3. The van der Waals surface area contributed by atoms with Crippen LogP contribution in [-0.2, 0) is 20.8 Å². The van der Waals surface area contributed by atoms with E-state index in [9.17, 15) is 14.4 Å². The molecule has 0 saturated carbocycles. The lowest BCUT2D eigenvalue weighted by Gasteiger charge is -2.27. The van der Waals surface area contributed by atoms with Crippen molar-refractivity contribution in [2.24, 2.45) is 0 Å². The first kappa shape index (κ1) is 22.3. The SMILES string of the molecule is Cc1cccc(CC(=O)N[C@@H](C)C(=O)NN2C(=O)C(C)c3ccccc3-c3ccccc32)c1. The van der Waals surface area contributed by atoms with Crippen molar-refractivity contribution in [3.8, 4) is 11.1 Å². The normalized spacial score (nSPS) is 15.7. The summed E-state index contributed by atoms with van der Waals surface area (Å²) in [7, 11) is 0. The Morgan fingerprint density at radius 3 is 2.42 bits per heavy atom. The molecule has 2 atom stereocenters. The van der Waals surface area contributed by atoms with E-state index >= 15 is 0 Å². The Hall–Kier alpha value is -3.93. The van der Waals surface area contributed by atoms with Crippen molar-refractivity contribution in [1.29, 1.82) is 0 Å². The lowest BCUT2D eigenvalue weighted by molar-refractivity contribution is -0.130. The van der Waals surface area contributed by atoms with E-state index in [0.717, 1.165) is 27.8 Å². The molecule has 1 aliphatic heterocycles. The zero-order valence-corrected chi connectivity index (χ0v) is 19.0. The summed E-state index contributed by atoms with van der Waals surface area (Å²) in [4.78, 5) is 38.8. The number of hydrazine groups is 1. The van der Waals surface area contributed by atoms with Crippen LogP contribution in [0.3, 0.4) is 0 Å². The third kappa shape index (κ3) is 4.65. The van der Waals surface area contributed by atoms with Gasteiger partial charge in [-0.05, 0) is 43.5 Å². The molecule has 6 heteroatoms. The molecule has 3 aromatic carbocycles. The molecule has 168 valence electrons. The minimum atomic E-state index is -0.816. The molecule has 1 unspecified atom stereocenters. The van der Waals surface area contributed by atoms with Gasteiger partial charge in [-0.15, -0.1) is 0 Å². The van der Waals surface area contributed by atoms with Gasteiger partial charge >= 0.3 is 0 Å². The smallest absolute Gasteiger partial charge is 0.261 e. The van der Waals surface area contributed by atoms with Gasteiger partial charge in [-0.25, -0.2) is 5.01 Å². The molecule has 0 radical (unpaired) electrons. The molecular weight excluding hydrogens is 414 g/mol. The van der Waals surface area contributed by atoms with E-state index in [-0.39, 0.29) is 18.2 Å². The zero-order valence-electron chi connectivity index (χ0n) is 19.0. The monoisotopic (exact) mass is 441 g/mol. The van der Waals surface area contributed by atoms with Crippen molar-refractivity contribution in [2.75, 3.05) is 5.01 Å². The minimum absolute atomic E-state index is 0.178. The van der Waals surface area contributed by atoms with E-state index in [0.29, 0.717) is 5.69 Å². The summed E-state index contributed by atoms with van der Waals surface area (Å²) in [6.45, 7) is 5.40. The van der Waals surface area contributed by atoms with Crippen LogP contribution in [-0.4, -0.2) is 23.8 Å². The standard InChI is InChI=1S/C27H27N3O3/c1-17-9-8-10-20(15-17)16-25(31)28-19(3)26(32)29-30-24-14-7-6-13-23(24)22-12-5-4-11-21(22)18(2)27(30)33/h4-15,18-19H,16H2,1-3H3,(H,28,31)(H,29,32)/t18?,19-/m0/s1. The van der Waals surface area contributed by atoms with E-state index in [1.165, 1.54) is 5.01 Å². The van der Waals surface area contributed by atoms with Gasteiger partial charge < -0.3 is 5.32 Å². The van der Waals surface area contributed by atoms with Gasteiger partial charge in [0.05, 0.1) is 18.0 Å². The number of anilines is 1. The molecule has 0 bridgehead atoms.